The van der Waals surface area contributed by atoms with E-state index in [0.29, 0.717) is 46.4 Å². The quantitative estimate of drug-likeness (QED) is 0.487. The van der Waals surface area contributed by atoms with Crippen LogP contribution in [0.2, 0.25) is 0 Å². The van der Waals surface area contributed by atoms with E-state index in [-0.39, 0.29) is 29.7 Å². The highest BCUT2D eigenvalue weighted by Gasteiger charge is 2.41. The van der Waals surface area contributed by atoms with Gasteiger partial charge in [0.1, 0.15) is 18.0 Å². The highest BCUT2D eigenvalue weighted by molar-refractivity contribution is 5.98. The topological polar surface area (TPSA) is 85.6 Å². The third kappa shape index (κ3) is 2.97. The number of anilines is 1. The maximum Gasteiger partial charge on any atom is 0.258 e. The van der Waals surface area contributed by atoms with Crippen LogP contribution >= 0.6 is 0 Å². The summed E-state index contributed by atoms with van der Waals surface area (Å²) in [6.45, 7) is 10.1. The summed E-state index contributed by atoms with van der Waals surface area (Å²) < 4.78 is 26.9. The molecule has 2 N–H and O–H groups in total. The molecule has 33 heavy (non-hydrogen) atoms. The van der Waals surface area contributed by atoms with E-state index < -0.39 is 11.4 Å². The normalized spacial score (nSPS) is 18.7. The summed E-state index contributed by atoms with van der Waals surface area (Å²) in [7, 11) is 1.42. The van der Waals surface area contributed by atoms with Crippen molar-refractivity contribution in [2.24, 2.45) is 0 Å². The number of ether oxygens (including phenoxy) is 2. The number of benzene rings is 1. The molecule has 3 aromatic rings. The van der Waals surface area contributed by atoms with E-state index in [0.717, 1.165) is 11.3 Å². The van der Waals surface area contributed by atoms with Gasteiger partial charge in [-0.25, -0.2) is 9.37 Å². The van der Waals surface area contributed by atoms with Crippen LogP contribution in [0.15, 0.2) is 35.3 Å². The van der Waals surface area contributed by atoms with E-state index in [4.69, 9.17) is 14.5 Å². The van der Waals surface area contributed by atoms with Crippen molar-refractivity contribution in [3.63, 3.8) is 0 Å². The fourth-order valence-electron chi connectivity index (χ4n) is 4.81. The minimum Gasteiger partial charge on any atom is -0.494 e. The lowest BCUT2D eigenvalue weighted by Gasteiger charge is -2.35. The molecular weight excluding hydrogens is 425 g/mol. The van der Waals surface area contributed by atoms with Crippen LogP contribution in [0.5, 0.6) is 5.75 Å². The van der Waals surface area contributed by atoms with Gasteiger partial charge in [-0.15, -0.1) is 0 Å². The molecule has 4 heterocycles. The first-order valence-electron chi connectivity index (χ1n) is 11.0. The molecule has 0 amide bonds. The number of aromatic nitrogens is 2. The zero-order chi connectivity index (χ0) is 23.7. The number of nitrogens with zero attached hydrogens (tertiary/aromatic N) is 2. The Bertz CT molecular complexity index is 1400. The number of hydrogen-bond donors (Lipinski definition) is 2. The van der Waals surface area contributed by atoms with Gasteiger partial charge >= 0.3 is 0 Å². The maximum atomic E-state index is 14.5. The summed E-state index contributed by atoms with van der Waals surface area (Å²) >= 11 is 0. The van der Waals surface area contributed by atoms with Crippen molar-refractivity contribution in [2.75, 3.05) is 12.4 Å². The van der Waals surface area contributed by atoms with Gasteiger partial charge in [-0.1, -0.05) is 13.5 Å². The first-order valence-corrected chi connectivity index (χ1v) is 11.0. The molecule has 0 spiro atoms. The average Bonchev–Trinajstić information content (AvgIpc) is 3.15. The van der Waals surface area contributed by atoms with Gasteiger partial charge < -0.3 is 24.5 Å². The van der Waals surface area contributed by atoms with E-state index in [2.05, 4.69) is 11.9 Å². The maximum absolute atomic E-state index is 14.5. The Morgan fingerprint density at radius 1 is 1.36 bits per heavy atom. The molecule has 2 aliphatic heterocycles. The molecule has 0 saturated carbocycles. The average molecular weight is 451 g/mol. The van der Waals surface area contributed by atoms with E-state index >= 15 is 0 Å². The molecule has 0 aliphatic carbocycles. The van der Waals surface area contributed by atoms with Crippen molar-refractivity contribution in [2.45, 2.75) is 52.0 Å². The Balaban J connectivity index is 1.83. The first kappa shape index (κ1) is 21.5. The van der Waals surface area contributed by atoms with Crippen molar-refractivity contribution < 1.29 is 19.0 Å². The molecule has 1 atom stereocenters. The molecular formula is C25H26FN3O4. The highest BCUT2D eigenvalue weighted by Crippen LogP contribution is 2.44. The van der Waals surface area contributed by atoms with E-state index in [9.17, 15) is 14.3 Å². The lowest BCUT2D eigenvalue weighted by molar-refractivity contribution is -0.0172. The van der Waals surface area contributed by atoms with E-state index in [1.807, 2.05) is 20.8 Å². The van der Waals surface area contributed by atoms with Crippen LogP contribution < -0.4 is 15.6 Å². The molecule has 0 saturated heterocycles. The number of rotatable bonds is 4. The van der Waals surface area contributed by atoms with E-state index in [1.54, 1.807) is 16.7 Å². The largest absolute Gasteiger partial charge is 0.494 e. The van der Waals surface area contributed by atoms with Crippen molar-refractivity contribution in [3.8, 4) is 17.1 Å². The fourth-order valence-corrected chi connectivity index (χ4v) is 4.81. The number of pyridine rings is 2. The molecule has 172 valence electrons. The van der Waals surface area contributed by atoms with Gasteiger partial charge in [0.25, 0.3) is 5.56 Å². The van der Waals surface area contributed by atoms with Crippen LogP contribution in [0.25, 0.3) is 22.3 Å². The van der Waals surface area contributed by atoms with Crippen LogP contribution in [0, 0.1) is 5.82 Å². The smallest absolute Gasteiger partial charge is 0.258 e. The number of methoxy groups -OCH3 is 1. The standard InChI is InChI=1S/C25H26FN3O4/c1-6-25(31)13(4)33-11-16-17(25)8-20-23-15(10-29(20)24(16)30)22(27-12(2)3)14-7-21(32-5)18(26)9-19(14)28-23/h7-9,12,31H,4,6,10-11H2,1-3,5H3,(H,27,28)/t25-/m1/s1. The molecule has 2 aliphatic rings. The second kappa shape index (κ2) is 7.31. The summed E-state index contributed by atoms with van der Waals surface area (Å²) in [5.74, 6) is -0.159. The van der Waals surface area contributed by atoms with Crippen LogP contribution in [0.4, 0.5) is 10.1 Å². The van der Waals surface area contributed by atoms with Gasteiger partial charge in [-0.05, 0) is 32.4 Å². The number of fused-ring (bicyclic) bond motifs is 5. The van der Waals surface area contributed by atoms with Gasteiger partial charge in [0.05, 0.1) is 41.8 Å². The van der Waals surface area contributed by atoms with Crippen molar-refractivity contribution in [3.05, 3.63) is 63.4 Å². The molecule has 7 nitrogen and oxygen atoms in total. The second-order valence-corrected chi connectivity index (χ2v) is 8.86. The van der Waals surface area contributed by atoms with E-state index in [1.165, 1.54) is 13.2 Å². The summed E-state index contributed by atoms with van der Waals surface area (Å²) in [6, 6.07) is 4.87. The molecule has 0 bridgehead atoms. The minimum atomic E-state index is -1.46. The number of halogens is 1. The van der Waals surface area contributed by atoms with Crippen molar-refractivity contribution in [1.29, 1.82) is 0 Å². The monoisotopic (exact) mass is 451 g/mol. The van der Waals surface area contributed by atoms with Gasteiger partial charge in [-0.2, -0.15) is 0 Å². The molecule has 0 radical (unpaired) electrons. The highest BCUT2D eigenvalue weighted by atomic mass is 19.1. The van der Waals surface area contributed by atoms with Crippen molar-refractivity contribution >= 4 is 16.6 Å². The summed E-state index contributed by atoms with van der Waals surface area (Å²) in [5.41, 5.74) is 2.47. The van der Waals surface area contributed by atoms with Crippen molar-refractivity contribution in [1.82, 2.24) is 9.55 Å². The zero-order valence-electron chi connectivity index (χ0n) is 19.1. The number of aliphatic hydroxyl groups is 1. The molecule has 0 unspecified atom stereocenters. The van der Waals surface area contributed by atoms with Crippen LogP contribution in [0.3, 0.4) is 0 Å². The predicted octanol–water partition coefficient (Wildman–Crippen LogP) is 4.03. The third-order valence-electron chi connectivity index (χ3n) is 6.56. The zero-order valence-corrected chi connectivity index (χ0v) is 19.1. The Kier molecular flexibility index (Phi) is 4.75. The predicted molar refractivity (Wildman–Crippen MR) is 124 cm³/mol. The number of hydrogen-bond acceptors (Lipinski definition) is 6. The summed E-state index contributed by atoms with van der Waals surface area (Å²) in [5, 5.41) is 15.4. The summed E-state index contributed by atoms with van der Waals surface area (Å²) in [4.78, 5) is 18.2. The Hall–Kier alpha value is -3.39. The van der Waals surface area contributed by atoms with Gasteiger partial charge in [0.2, 0.25) is 0 Å². The lowest BCUT2D eigenvalue weighted by Crippen LogP contribution is -2.38. The SMILES string of the molecule is C=C1OCc2c(cc3n(c2=O)Cc2c-3nc3cc(F)c(OC)cc3c2NC(C)C)[C@@]1(O)CC. The Labute approximate surface area is 190 Å². The summed E-state index contributed by atoms with van der Waals surface area (Å²) in [6.07, 6.45) is 0.310. The third-order valence-corrected chi connectivity index (χ3v) is 6.56. The van der Waals surface area contributed by atoms with Crippen LogP contribution in [0.1, 0.15) is 43.9 Å². The number of nitrogens with one attached hydrogen (secondary N) is 1. The Morgan fingerprint density at radius 2 is 2.12 bits per heavy atom. The first-order chi connectivity index (χ1) is 15.7. The lowest BCUT2D eigenvalue weighted by atomic mass is 9.84. The van der Waals surface area contributed by atoms with Gasteiger partial charge in [0, 0.05) is 28.6 Å². The second-order valence-electron chi connectivity index (χ2n) is 8.86. The molecule has 1 aromatic carbocycles. The Morgan fingerprint density at radius 3 is 2.79 bits per heavy atom. The van der Waals surface area contributed by atoms with Gasteiger partial charge in [-0.3, -0.25) is 4.79 Å². The fraction of sp³-hybridized carbons (Fsp3) is 0.360. The molecule has 2 aromatic heterocycles. The van der Waals surface area contributed by atoms with Crippen LogP contribution in [-0.4, -0.2) is 27.8 Å². The molecule has 0 fully saturated rings. The van der Waals surface area contributed by atoms with Crippen LogP contribution in [-0.2, 0) is 23.5 Å². The molecule has 8 heteroatoms. The minimum absolute atomic E-state index is 0.0564. The van der Waals surface area contributed by atoms with Gasteiger partial charge in [0.15, 0.2) is 11.6 Å². The molecule has 5 rings (SSSR count).